The van der Waals surface area contributed by atoms with E-state index in [2.05, 4.69) is 27.7 Å². The lowest BCUT2D eigenvalue weighted by Gasteiger charge is -2.36. The summed E-state index contributed by atoms with van der Waals surface area (Å²) >= 11 is 0. The molecule has 0 aromatic carbocycles. The van der Waals surface area contributed by atoms with Crippen molar-refractivity contribution in [2.24, 2.45) is 5.41 Å². The van der Waals surface area contributed by atoms with E-state index in [1.807, 2.05) is 0 Å². The first-order valence-electron chi connectivity index (χ1n) is 4.27. The van der Waals surface area contributed by atoms with Gasteiger partial charge in [0.1, 0.15) is 0 Å². The Morgan fingerprint density at radius 1 is 1.27 bits per heavy atom. The summed E-state index contributed by atoms with van der Waals surface area (Å²) < 4.78 is 11.1. The summed E-state index contributed by atoms with van der Waals surface area (Å²) in [5, 5.41) is 0. The van der Waals surface area contributed by atoms with Crippen LogP contribution in [0.3, 0.4) is 0 Å². The van der Waals surface area contributed by atoms with Gasteiger partial charge in [-0.3, -0.25) is 0 Å². The van der Waals surface area contributed by atoms with Crippen LogP contribution in [-0.2, 0) is 9.47 Å². The van der Waals surface area contributed by atoms with Crippen molar-refractivity contribution in [2.75, 3.05) is 6.61 Å². The van der Waals surface area contributed by atoms with Gasteiger partial charge in [0, 0.05) is 5.41 Å². The summed E-state index contributed by atoms with van der Waals surface area (Å²) in [4.78, 5) is 0. The fraction of sp³-hybridized carbons (Fsp3) is 1.00. The van der Waals surface area contributed by atoms with Gasteiger partial charge in [0.05, 0.1) is 12.7 Å². The van der Waals surface area contributed by atoms with E-state index in [1.54, 1.807) is 0 Å². The van der Waals surface area contributed by atoms with Crippen LogP contribution in [0.15, 0.2) is 0 Å². The molecule has 1 fully saturated rings. The molecule has 1 aliphatic heterocycles. The summed E-state index contributed by atoms with van der Waals surface area (Å²) in [6, 6.07) is 0. The number of rotatable bonds is 0. The number of ether oxygens (including phenoxy) is 2. The molecule has 0 saturated carbocycles. The van der Waals surface area contributed by atoms with Crippen LogP contribution in [-0.4, -0.2) is 19.0 Å². The van der Waals surface area contributed by atoms with E-state index in [0.717, 1.165) is 13.0 Å². The summed E-state index contributed by atoms with van der Waals surface area (Å²) in [5.74, 6) is 0. The van der Waals surface area contributed by atoms with Crippen LogP contribution in [0.2, 0.25) is 0 Å². The van der Waals surface area contributed by atoms with Crippen molar-refractivity contribution in [1.29, 1.82) is 0 Å². The summed E-state index contributed by atoms with van der Waals surface area (Å²) in [6.07, 6.45) is 1.35. The minimum Gasteiger partial charge on any atom is -0.352 e. The summed E-state index contributed by atoms with van der Waals surface area (Å²) in [7, 11) is 0. The van der Waals surface area contributed by atoms with Crippen LogP contribution < -0.4 is 0 Å². The maximum absolute atomic E-state index is 5.63. The van der Waals surface area contributed by atoms with Gasteiger partial charge in [-0.25, -0.2) is 0 Å². The molecule has 1 aliphatic rings. The van der Waals surface area contributed by atoms with Gasteiger partial charge < -0.3 is 9.47 Å². The highest BCUT2D eigenvalue weighted by molar-refractivity contribution is 4.70. The van der Waals surface area contributed by atoms with Crippen LogP contribution in [0.1, 0.15) is 34.1 Å². The van der Waals surface area contributed by atoms with Crippen molar-refractivity contribution in [1.82, 2.24) is 0 Å². The van der Waals surface area contributed by atoms with Crippen LogP contribution in [0, 0.1) is 5.41 Å². The van der Waals surface area contributed by atoms with E-state index in [0.29, 0.717) is 6.10 Å². The molecule has 66 valence electrons. The second-order valence-corrected chi connectivity index (χ2v) is 4.30. The molecule has 0 aliphatic carbocycles. The molecule has 0 aromatic rings. The van der Waals surface area contributed by atoms with Gasteiger partial charge in [-0.1, -0.05) is 20.8 Å². The highest BCUT2D eigenvalue weighted by Gasteiger charge is 2.30. The molecule has 0 N–H and O–H groups in total. The van der Waals surface area contributed by atoms with E-state index in [-0.39, 0.29) is 11.7 Å². The molecule has 0 unspecified atom stereocenters. The third kappa shape index (κ3) is 2.46. The van der Waals surface area contributed by atoms with E-state index >= 15 is 0 Å². The average molecular weight is 158 g/mol. The predicted molar refractivity (Wildman–Crippen MR) is 44.4 cm³/mol. The standard InChI is InChI=1S/C9H18O2/c1-7-5-6-10-8(11-7)9(2,3)4/h7-8H,5-6H2,1-4H3/t7-,8-/m0/s1. The maximum Gasteiger partial charge on any atom is 0.162 e. The van der Waals surface area contributed by atoms with E-state index in [1.165, 1.54) is 0 Å². The van der Waals surface area contributed by atoms with Crippen molar-refractivity contribution in [3.8, 4) is 0 Å². The highest BCUT2D eigenvalue weighted by atomic mass is 16.7. The van der Waals surface area contributed by atoms with Crippen molar-refractivity contribution < 1.29 is 9.47 Å². The molecule has 1 rings (SSSR count). The van der Waals surface area contributed by atoms with Crippen molar-refractivity contribution in [3.63, 3.8) is 0 Å². The first-order chi connectivity index (χ1) is 5.00. The van der Waals surface area contributed by atoms with E-state index in [9.17, 15) is 0 Å². The van der Waals surface area contributed by atoms with Crippen molar-refractivity contribution in [3.05, 3.63) is 0 Å². The quantitative estimate of drug-likeness (QED) is 0.538. The average Bonchev–Trinajstić information content (AvgIpc) is 1.86. The van der Waals surface area contributed by atoms with Crippen LogP contribution in [0.5, 0.6) is 0 Å². The fourth-order valence-corrected chi connectivity index (χ4v) is 1.11. The Labute approximate surface area is 68.9 Å². The normalized spacial score (nSPS) is 33.8. The highest BCUT2D eigenvalue weighted by Crippen LogP contribution is 2.27. The smallest absolute Gasteiger partial charge is 0.162 e. The Balaban J connectivity index is 2.46. The first kappa shape index (κ1) is 9.01. The van der Waals surface area contributed by atoms with Gasteiger partial charge in [0.15, 0.2) is 6.29 Å². The van der Waals surface area contributed by atoms with Crippen LogP contribution in [0.4, 0.5) is 0 Å². The Morgan fingerprint density at radius 3 is 2.27 bits per heavy atom. The molecule has 2 heteroatoms. The van der Waals surface area contributed by atoms with Gasteiger partial charge >= 0.3 is 0 Å². The second-order valence-electron chi connectivity index (χ2n) is 4.30. The molecule has 2 atom stereocenters. The molecule has 1 heterocycles. The Kier molecular flexibility index (Phi) is 2.55. The lowest BCUT2D eigenvalue weighted by Crippen LogP contribution is -2.39. The minimum atomic E-state index is -0.0220. The summed E-state index contributed by atoms with van der Waals surface area (Å²) in [6.45, 7) is 9.34. The molecular weight excluding hydrogens is 140 g/mol. The van der Waals surface area contributed by atoms with Crippen LogP contribution >= 0.6 is 0 Å². The molecule has 0 amide bonds. The minimum absolute atomic E-state index is 0.0220. The van der Waals surface area contributed by atoms with Crippen molar-refractivity contribution >= 4 is 0 Å². The van der Waals surface area contributed by atoms with Crippen LogP contribution in [0.25, 0.3) is 0 Å². The topological polar surface area (TPSA) is 18.5 Å². The van der Waals surface area contributed by atoms with Gasteiger partial charge in [0.25, 0.3) is 0 Å². The van der Waals surface area contributed by atoms with E-state index in [4.69, 9.17) is 9.47 Å². The second kappa shape index (κ2) is 3.11. The van der Waals surface area contributed by atoms with Crippen molar-refractivity contribution in [2.45, 2.75) is 46.5 Å². The fourth-order valence-electron chi connectivity index (χ4n) is 1.11. The third-order valence-corrected chi connectivity index (χ3v) is 1.86. The SMILES string of the molecule is C[C@H]1CCO[C@H](C(C)(C)C)O1. The zero-order valence-corrected chi connectivity index (χ0v) is 7.89. The molecule has 2 nitrogen and oxygen atoms in total. The van der Waals surface area contributed by atoms with Gasteiger partial charge in [-0.2, -0.15) is 0 Å². The zero-order valence-electron chi connectivity index (χ0n) is 7.89. The molecule has 1 saturated heterocycles. The molecular formula is C9H18O2. The largest absolute Gasteiger partial charge is 0.352 e. The van der Waals surface area contributed by atoms with Gasteiger partial charge in [-0.15, -0.1) is 0 Å². The molecule has 0 radical (unpaired) electrons. The third-order valence-electron chi connectivity index (χ3n) is 1.86. The molecule has 0 spiro atoms. The first-order valence-corrected chi connectivity index (χ1v) is 4.27. The molecule has 0 aromatic heterocycles. The molecule has 0 bridgehead atoms. The van der Waals surface area contributed by atoms with Gasteiger partial charge in [0.2, 0.25) is 0 Å². The Hall–Kier alpha value is -0.0800. The predicted octanol–water partition coefficient (Wildman–Crippen LogP) is 2.18. The molecule has 11 heavy (non-hydrogen) atoms. The monoisotopic (exact) mass is 158 g/mol. The number of hydrogen-bond acceptors (Lipinski definition) is 2. The summed E-state index contributed by atoms with van der Waals surface area (Å²) in [5.41, 5.74) is 0.106. The lowest BCUT2D eigenvalue weighted by molar-refractivity contribution is -0.248. The van der Waals surface area contributed by atoms with Gasteiger partial charge in [-0.05, 0) is 13.3 Å². The number of hydrogen-bond donors (Lipinski definition) is 0. The Bertz CT molecular complexity index is 126. The lowest BCUT2D eigenvalue weighted by atomic mass is 9.95. The zero-order chi connectivity index (χ0) is 8.48. The maximum atomic E-state index is 5.63. The Morgan fingerprint density at radius 2 is 1.91 bits per heavy atom. The van der Waals surface area contributed by atoms with E-state index < -0.39 is 0 Å².